The molecule has 1 heterocycles. The van der Waals surface area contributed by atoms with Crippen LogP contribution in [0, 0.1) is 5.92 Å². The molecule has 0 amide bonds. The summed E-state index contributed by atoms with van der Waals surface area (Å²) in [5.74, 6) is 1.39. The van der Waals surface area contributed by atoms with Gasteiger partial charge in [-0.25, -0.2) is 13.4 Å². The van der Waals surface area contributed by atoms with Gasteiger partial charge in [-0.2, -0.15) is 0 Å². The number of aliphatic hydroxyl groups excluding tert-OH is 1. The molecule has 1 aromatic heterocycles. The molecule has 188 valence electrons. The van der Waals surface area contributed by atoms with Crippen LogP contribution in [0.3, 0.4) is 0 Å². The molecule has 1 aliphatic carbocycles. The molecule has 0 unspecified atom stereocenters. The summed E-state index contributed by atoms with van der Waals surface area (Å²) in [7, 11) is -3.29. The Labute approximate surface area is 216 Å². The van der Waals surface area contributed by atoms with E-state index < -0.39 is 15.8 Å². The van der Waals surface area contributed by atoms with Gasteiger partial charge in [0.2, 0.25) is 0 Å². The van der Waals surface area contributed by atoms with Gasteiger partial charge in [0.15, 0.2) is 9.84 Å². The second-order valence-corrected chi connectivity index (χ2v) is 12.1. The minimum Gasteiger partial charge on any atom is -0.490 e. The Morgan fingerprint density at radius 3 is 2.47 bits per heavy atom. The van der Waals surface area contributed by atoms with Crippen molar-refractivity contribution in [3.8, 4) is 16.9 Å². The highest BCUT2D eigenvalue weighted by molar-refractivity contribution is 7.91. The molecule has 1 saturated carbocycles. The molecule has 0 radical (unpaired) electrons. The van der Waals surface area contributed by atoms with Crippen LogP contribution in [0.4, 0.5) is 0 Å². The monoisotopic (exact) mass is 524 g/mol. The lowest BCUT2D eigenvalue weighted by molar-refractivity contribution is 0.243. The highest BCUT2D eigenvalue weighted by atomic mass is 35.5. The Balaban J connectivity index is 1.47. The molecule has 1 atom stereocenters. The number of aromatic nitrogens is 2. The molecule has 0 bridgehead atoms. The van der Waals surface area contributed by atoms with Gasteiger partial charge in [-0.15, -0.1) is 0 Å². The van der Waals surface area contributed by atoms with Gasteiger partial charge in [0.05, 0.1) is 45.3 Å². The van der Waals surface area contributed by atoms with Crippen LogP contribution in [0.1, 0.15) is 44.0 Å². The van der Waals surface area contributed by atoms with E-state index in [1.165, 1.54) is 0 Å². The van der Waals surface area contributed by atoms with E-state index in [0.29, 0.717) is 21.3 Å². The van der Waals surface area contributed by atoms with Gasteiger partial charge in [0.1, 0.15) is 11.6 Å². The third-order valence-corrected chi connectivity index (χ3v) is 8.65. The molecule has 0 aliphatic heterocycles. The summed E-state index contributed by atoms with van der Waals surface area (Å²) >= 11 is 6.68. The topological polar surface area (TPSA) is 92.3 Å². The average molecular weight is 525 g/mol. The van der Waals surface area contributed by atoms with E-state index in [1.54, 1.807) is 24.3 Å². The second kappa shape index (κ2) is 9.88. The first-order chi connectivity index (χ1) is 17.2. The maximum atomic E-state index is 12.6. The van der Waals surface area contributed by atoms with Gasteiger partial charge in [0, 0.05) is 11.1 Å². The lowest BCUT2D eigenvalue weighted by Crippen LogP contribution is -2.10. The number of hydrogen-bond donors (Lipinski definition) is 2. The highest BCUT2D eigenvalue weighted by Gasteiger charge is 2.29. The molecule has 3 aromatic carbocycles. The van der Waals surface area contributed by atoms with E-state index in [4.69, 9.17) is 21.3 Å². The highest BCUT2D eigenvalue weighted by Crippen LogP contribution is 2.38. The first-order valence-electron chi connectivity index (χ1n) is 12.1. The lowest BCUT2D eigenvalue weighted by atomic mass is 9.99. The normalized spacial score (nSPS) is 14.9. The van der Waals surface area contributed by atoms with Gasteiger partial charge < -0.3 is 14.8 Å². The fourth-order valence-corrected chi connectivity index (χ4v) is 6.38. The van der Waals surface area contributed by atoms with Crippen molar-refractivity contribution in [1.82, 2.24) is 9.97 Å². The summed E-state index contributed by atoms with van der Waals surface area (Å²) in [6.45, 7) is 3.77. The quantitative estimate of drug-likeness (QED) is 0.281. The summed E-state index contributed by atoms with van der Waals surface area (Å²) in [4.78, 5) is 8.37. The van der Waals surface area contributed by atoms with E-state index in [-0.39, 0.29) is 24.4 Å². The van der Waals surface area contributed by atoms with E-state index in [9.17, 15) is 13.5 Å². The molecule has 6 nitrogen and oxygen atoms in total. The third kappa shape index (κ3) is 5.14. The van der Waals surface area contributed by atoms with Crippen LogP contribution in [0.25, 0.3) is 22.2 Å². The number of aliphatic hydroxyl groups is 1. The van der Waals surface area contributed by atoms with Crippen molar-refractivity contribution in [2.75, 3.05) is 12.4 Å². The zero-order valence-electron chi connectivity index (χ0n) is 20.2. The van der Waals surface area contributed by atoms with E-state index in [2.05, 4.69) is 4.98 Å². The van der Waals surface area contributed by atoms with Crippen LogP contribution in [0.2, 0.25) is 5.02 Å². The number of nitrogens with one attached hydrogen (secondary N) is 1. The van der Waals surface area contributed by atoms with Crippen molar-refractivity contribution < 1.29 is 18.3 Å². The molecule has 36 heavy (non-hydrogen) atoms. The van der Waals surface area contributed by atoms with Crippen LogP contribution in [0.15, 0.2) is 65.6 Å². The van der Waals surface area contributed by atoms with E-state index >= 15 is 0 Å². The first-order valence-corrected chi connectivity index (χ1v) is 14.2. The Morgan fingerprint density at radius 1 is 1.08 bits per heavy atom. The minimum absolute atomic E-state index is 0.0195. The van der Waals surface area contributed by atoms with Crippen molar-refractivity contribution in [3.05, 3.63) is 77.1 Å². The van der Waals surface area contributed by atoms with Crippen molar-refractivity contribution in [2.45, 2.75) is 43.6 Å². The van der Waals surface area contributed by atoms with Gasteiger partial charge in [0.25, 0.3) is 0 Å². The maximum Gasteiger partial charge on any atom is 0.178 e. The maximum absolute atomic E-state index is 12.6. The largest absolute Gasteiger partial charge is 0.490 e. The summed E-state index contributed by atoms with van der Waals surface area (Å²) in [5.41, 5.74) is 3.94. The number of rotatable bonds is 9. The molecule has 0 saturated heterocycles. The molecule has 5 rings (SSSR count). The van der Waals surface area contributed by atoms with Crippen molar-refractivity contribution in [3.63, 3.8) is 0 Å². The molecule has 1 fully saturated rings. The molecule has 1 aliphatic rings. The van der Waals surface area contributed by atoms with Crippen molar-refractivity contribution in [2.24, 2.45) is 5.92 Å². The molecule has 8 heteroatoms. The van der Waals surface area contributed by atoms with Gasteiger partial charge in [-0.05, 0) is 68.5 Å². The van der Waals surface area contributed by atoms with E-state index in [0.717, 1.165) is 40.8 Å². The Bertz CT molecular complexity index is 1490. The summed E-state index contributed by atoms with van der Waals surface area (Å²) in [6.07, 6.45) is 1.99. The third-order valence-electron chi connectivity index (χ3n) is 6.44. The van der Waals surface area contributed by atoms with Crippen LogP contribution >= 0.6 is 11.6 Å². The SMILES string of the molecule is CC(C)Oc1ccccc1-c1cc2nc([C@H](CO)c3ccc(S(=O)(=O)CC4CC4)cc3)[nH]c2cc1Cl. The second-order valence-electron chi connectivity index (χ2n) is 9.66. The van der Waals surface area contributed by atoms with Crippen LogP contribution < -0.4 is 4.74 Å². The number of halogens is 1. The Morgan fingerprint density at radius 2 is 1.81 bits per heavy atom. The first kappa shape index (κ1) is 24.8. The molecular weight excluding hydrogens is 496 g/mol. The molecule has 2 N–H and O–H groups in total. The predicted molar refractivity (Wildman–Crippen MR) is 142 cm³/mol. The summed E-state index contributed by atoms with van der Waals surface area (Å²) in [5, 5.41) is 10.8. The lowest BCUT2D eigenvalue weighted by Gasteiger charge is -2.15. The zero-order valence-corrected chi connectivity index (χ0v) is 21.8. The van der Waals surface area contributed by atoms with E-state index in [1.807, 2.05) is 50.2 Å². The zero-order chi connectivity index (χ0) is 25.4. The number of fused-ring (bicyclic) bond motifs is 1. The number of para-hydroxylation sites is 1. The Hall–Kier alpha value is -2.87. The number of imidazole rings is 1. The molecule has 0 spiro atoms. The van der Waals surface area contributed by atoms with Crippen LogP contribution in [-0.4, -0.2) is 42.0 Å². The number of benzene rings is 3. The van der Waals surface area contributed by atoms with Gasteiger partial charge in [-0.1, -0.05) is 41.9 Å². The van der Waals surface area contributed by atoms with Crippen molar-refractivity contribution >= 4 is 32.5 Å². The Kier molecular flexibility index (Phi) is 6.81. The number of nitrogens with zero attached hydrogens (tertiary/aromatic N) is 1. The number of aromatic amines is 1. The number of H-pyrrole nitrogens is 1. The van der Waals surface area contributed by atoms with Gasteiger partial charge >= 0.3 is 0 Å². The smallest absolute Gasteiger partial charge is 0.178 e. The number of hydrogen-bond acceptors (Lipinski definition) is 5. The number of sulfone groups is 1. The number of ether oxygens (including phenoxy) is 1. The minimum atomic E-state index is -3.29. The summed E-state index contributed by atoms with van der Waals surface area (Å²) < 4.78 is 31.2. The standard InChI is InChI=1S/C28H29ClN2O4S/c1-17(2)35-27-6-4-3-5-21(27)22-13-25-26(14-24(22)29)31-28(30-25)23(15-32)19-9-11-20(12-10-19)36(33,34)16-18-7-8-18/h3-6,9-14,17-18,23,32H,7-8,15-16H2,1-2H3,(H,30,31)/t23-/m1/s1. The summed E-state index contributed by atoms with van der Waals surface area (Å²) in [6, 6.07) is 18.3. The van der Waals surface area contributed by atoms with Crippen molar-refractivity contribution in [1.29, 1.82) is 0 Å². The van der Waals surface area contributed by atoms with Crippen LogP contribution in [-0.2, 0) is 9.84 Å². The average Bonchev–Trinajstić information content (AvgIpc) is 3.55. The fourth-order valence-electron chi connectivity index (χ4n) is 4.42. The van der Waals surface area contributed by atoms with Gasteiger partial charge in [-0.3, -0.25) is 0 Å². The fraction of sp³-hybridized carbons (Fsp3) is 0.321. The molecular formula is C28H29ClN2O4S. The van der Waals surface area contributed by atoms with Crippen LogP contribution in [0.5, 0.6) is 5.75 Å². The predicted octanol–water partition coefficient (Wildman–Crippen LogP) is 5.98. The molecule has 4 aromatic rings.